The highest BCUT2D eigenvalue weighted by Crippen LogP contribution is 2.56. The predicted molar refractivity (Wildman–Crippen MR) is 137 cm³/mol. The quantitative estimate of drug-likeness (QED) is 0.408. The maximum Gasteiger partial charge on any atom is 0.495 e. The molecule has 0 bridgehead atoms. The largest absolute Gasteiger partial charge is 0.495 e. The Bertz CT molecular complexity index is 1200. The average molecular weight is 436 g/mol. The summed E-state index contributed by atoms with van der Waals surface area (Å²) in [7, 11) is -0.361. The zero-order chi connectivity index (χ0) is 22.8. The van der Waals surface area contributed by atoms with Crippen molar-refractivity contribution in [3.05, 3.63) is 77.9 Å². The molecule has 3 aliphatic rings. The van der Waals surface area contributed by atoms with Crippen molar-refractivity contribution in [3.8, 4) is 22.3 Å². The standard InChI is InChI=1S/C30H33BO2/c1-28(2)29(3,4)33-31(32-28)27-15-9-7-12-22(27)21-16-17-24-23-13-6-8-14-25(23)30(26(24)20-21)18-10-5-11-19-30/h6-9,12-17,20H,5,10-11,18-19H2,1-4H3. The average Bonchev–Trinajstić information content (AvgIpc) is 3.21. The van der Waals surface area contributed by atoms with Crippen LogP contribution in [0, 0.1) is 0 Å². The van der Waals surface area contributed by atoms with Crippen molar-refractivity contribution in [2.45, 2.75) is 76.4 Å². The van der Waals surface area contributed by atoms with Gasteiger partial charge >= 0.3 is 7.12 Å². The van der Waals surface area contributed by atoms with E-state index in [0.717, 1.165) is 5.46 Å². The van der Waals surface area contributed by atoms with E-state index in [-0.39, 0.29) is 23.7 Å². The molecule has 2 aliphatic carbocycles. The van der Waals surface area contributed by atoms with Gasteiger partial charge in [0.25, 0.3) is 0 Å². The number of hydrogen-bond acceptors (Lipinski definition) is 2. The number of fused-ring (bicyclic) bond motifs is 5. The highest BCUT2D eigenvalue weighted by molar-refractivity contribution is 6.63. The van der Waals surface area contributed by atoms with Gasteiger partial charge in [0.15, 0.2) is 0 Å². The zero-order valence-electron chi connectivity index (χ0n) is 20.3. The number of hydrogen-bond donors (Lipinski definition) is 0. The summed E-state index contributed by atoms with van der Waals surface area (Å²) in [5.41, 5.74) is 8.96. The van der Waals surface area contributed by atoms with Crippen LogP contribution in [0.1, 0.15) is 70.9 Å². The van der Waals surface area contributed by atoms with E-state index in [1.165, 1.54) is 65.5 Å². The Labute approximate surface area is 198 Å². The summed E-state index contributed by atoms with van der Waals surface area (Å²) in [5, 5.41) is 0. The lowest BCUT2D eigenvalue weighted by atomic mass is 9.67. The first-order valence-electron chi connectivity index (χ1n) is 12.5. The molecule has 3 aromatic rings. The molecule has 0 atom stereocenters. The topological polar surface area (TPSA) is 18.5 Å². The van der Waals surface area contributed by atoms with Crippen molar-refractivity contribution in [1.82, 2.24) is 0 Å². The predicted octanol–water partition coefficient (Wildman–Crippen LogP) is 6.88. The lowest BCUT2D eigenvalue weighted by Gasteiger charge is -2.36. The van der Waals surface area contributed by atoms with Crippen LogP contribution in [0.2, 0.25) is 0 Å². The molecule has 0 amide bonds. The van der Waals surface area contributed by atoms with Crippen molar-refractivity contribution < 1.29 is 9.31 Å². The molecule has 6 rings (SSSR count). The lowest BCUT2D eigenvalue weighted by molar-refractivity contribution is 0.00578. The Morgan fingerprint density at radius 1 is 0.636 bits per heavy atom. The fraction of sp³-hybridized carbons (Fsp3) is 0.400. The van der Waals surface area contributed by atoms with Gasteiger partial charge in [-0.1, -0.05) is 79.9 Å². The molecule has 2 nitrogen and oxygen atoms in total. The van der Waals surface area contributed by atoms with Crippen LogP contribution in [0.3, 0.4) is 0 Å². The van der Waals surface area contributed by atoms with Gasteiger partial charge in [-0.3, -0.25) is 0 Å². The van der Waals surface area contributed by atoms with Gasteiger partial charge in [0.1, 0.15) is 0 Å². The fourth-order valence-electron chi connectivity index (χ4n) is 6.25. The SMILES string of the molecule is CC1(C)OB(c2ccccc2-c2ccc3c(c2)C2(CCCCC2)c2ccccc2-3)OC1(C)C. The van der Waals surface area contributed by atoms with Gasteiger partial charge in [-0.2, -0.15) is 0 Å². The summed E-state index contributed by atoms with van der Waals surface area (Å²) < 4.78 is 12.9. The highest BCUT2D eigenvalue weighted by Gasteiger charge is 2.52. The Morgan fingerprint density at radius 3 is 1.97 bits per heavy atom. The van der Waals surface area contributed by atoms with Crippen LogP contribution in [-0.4, -0.2) is 18.3 Å². The van der Waals surface area contributed by atoms with Crippen molar-refractivity contribution in [2.24, 2.45) is 0 Å². The van der Waals surface area contributed by atoms with E-state index in [9.17, 15) is 0 Å². The van der Waals surface area contributed by atoms with Crippen LogP contribution in [0.4, 0.5) is 0 Å². The third kappa shape index (κ3) is 3.09. The second kappa shape index (κ2) is 7.32. The third-order valence-electron chi connectivity index (χ3n) is 8.75. The van der Waals surface area contributed by atoms with E-state index in [0.29, 0.717) is 0 Å². The smallest absolute Gasteiger partial charge is 0.399 e. The minimum Gasteiger partial charge on any atom is -0.399 e. The molecular weight excluding hydrogens is 403 g/mol. The van der Waals surface area contributed by atoms with Crippen LogP contribution in [0.15, 0.2) is 66.7 Å². The van der Waals surface area contributed by atoms with Gasteiger partial charge in [0, 0.05) is 5.41 Å². The molecule has 0 unspecified atom stereocenters. The first kappa shape index (κ1) is 21.2. The second-order valence-corrected chi connectivity index (χ2v) is 11.1. The maximum absolute atomic E-state index is 6.44. The second-order valence-electron chi connectivity index (χ2n) is 11.1. The normalized spacial score (nSPS) is 21.8. The van der Waals surface area contributed by atoms with E-state index in [1.807, 2.05) is 0 Å². The Morgan fingerprint density at radius 2 is 1.24 bits per heavy atom. The van der Waals surface area contributed by atoms with Crippen LogP contribution < -0.4 is 5.46 Å². The zero-order valence-corrected chi connectivity index (χ0v) is 20.3. The molecule has 1 saturated carbocycles. The third-order valence-corrected chi connectivity index (χ3v) is 8.75. The molecule has 1 aliphatic heterocycles. The van der Waals surface area contributed by atoms with Crippen molar-refractivity contribution in [2.75, 3.05) is 0 Å². The number of rotatable bonds is 2. The van der Waals surface area contributed by atoms with Crippen molar-refractivity contribution in [1.29, 1.82) is 0 Å². The van der Waals surface area contributed by atoms with Gasteiger partial charge in [-0.15, -0.1) is 0 Å². The van der Waals surface area contributed by atoms with Gasteiger partial charge in [0.05, 0.1) is 11.2 Å². The minimum absolute atomic E-state index is 0.166. The van der Waals surface area contributed by atoms with E-state index < -0.39 is 0 Å². The van der Waals surface area contributed by atoms with Crippen LogP contribution in [-0.2, 0) is 14.7 Å². The molecule has 0 N–H and O–H groups in total. The Kier molecular flexibility index (Phi) is 4.70. The van der Waals surface area contributed by atoms with Crippen molar-refractivity contribution >= 4 is 12.6 Å². The maximum atomic E-state index is 6.44. The Hall–Kier alpha value is -2.36. The first-order chi connectivity index (χ1) is 15.8. The molecule has 0 aromatic heterocycles. The molecule has 3 heteroatoms. The van der Waals surface area contributed by atoms with Gasteiger partial charge < -0.3 is 9.31 Å². The van der Waals surface area contributed by atoms with Gasteiger partial charge in [-0.25, -0.2) is 0 Å². The highest BCUT2D eigenvalue weighted by atomic mass is 16.7. The van der Waals surface area contributed by atoms with Gasteiger partial charge in [0.2, 0.25) is 0 Å². The van der Waals surface area contributed by atoms with E-state index in [1.54, 1.807) is 0 Å². The molecular formula is C30H33BO2. The summed E-state index contributed by atoms with van der Waals surface area (Å²) in [6.45, 7) is 8.48. The summed E-state index contributed by atoms with van der Waals surface area (Å²) in [6.07, 6.45) is 6.47. The summed E-state index contributed by atoms with van der Waals surface area (Å²) >= 11 is 0. The summed E-state index contributed by atoms with van der Waals surface area (Å²) in [5.74, 6) is 0. The monoisotopic (exact) mass is 436 g/mol. The minimum atomic E-state index is -0.361. The molecule has 0 radical (unpaired) electrons. The summed E-state index contributed by atoms with van der Waals surface area (Å²) in [6, 6.07) is 24.8. The molecule has 1 heterocycles. The fourth-order valence-corrected chi connectivity index (χ4v) is 6.25. The molecule has 3 aromatic carbocycles. The van der Waals surface area contributed by atoms with Crippen LogP contribution >= 0.6 is 0 Å². The lowest BCUT2D eigenvalue weighted by Crippen LogP contribution is -2.41. The Balaban J connectivity index is 1.47. The van der Waals surface area contributed by atoms with E-state index in [2.05, 4.69) is 94.4 Å². The van der Waals surface area contributed by atoms with Crippen LogP contribution in [0.5, 0.6) is 0 Å². The molecule has 33 heavy (non-hydrogen) atoms. The van der Waals surface area contributed by atoms with E-state index in [4.69, 9.17) is 9.31 Å². The summed E-state index contributed by atoms with van der Waals surface area (Å²) in [4.78, 5) is 0. The van der Waals surface area contributed by atoms with Gasteiger partial charge in [-0.05, 0) is 85.4 Å². The molecule has 1 spiro atoms. The first-order valence-corrected chi connectivity index (χ1v) is 12.5. The molecule has 168 valence electrons. The van der Waals surface area contributed by atoms with Crippen molar-refractivity contribution in [3.63, 3.8) is 0 Å². The van der Waals surface area contributed by atoms with Crippen LogP contribution in [0.25, 0.3) is 22.3 Å². The number of benzene rings is 3. The molecule has 1 saturated heterocycles. The van der Waals surface area contributed by atoms with E-state index >= 15 is 0 Å². The molecule has 2 fully saturated rings.